The summed E-state index contributed by atoms with van der Waals surface area (Å²) >= 11 is 0. The summed E-state index contributed by atoms with van der Waals surface area (Å²) in [5, 5.41) is 4.74. The van der Waals surface area contributed by atoms with Gasteiger partial charge in [-0.25, -0.2) is 13.1 Å². The molecule has 1 fully saturated rings. The van der Waals surface area contributed by atoms with Gasteiger partial charge in [-0.05, 0) is 57.4 Å². The van der Waals surface area contributed by atoms with Crippen molar-refractivity contribution in [2.45, 2.75) is 45.1 Å². The van der Waals surface area contributed by atoms with Crippen LogP contribution in [0.4, 0.5) is 0 Å². The average Bonchev–Trinajstić information content (AvgIpc) is 3.12. The minimum Gasteiger partial charge on any atom is -0.341 e. The van der Waals surface area contributed by atoms with Gasteiger partial charge in [0.2, 0.25) is 15.9 Å². The monoisotopic (exact) mass is 480 g/mol. The van der Waals surface area contributed by atoms with Crippen LogP contribution in [0.5, 0.6) is 0 Å². The van der Waals surface area contributed by atoms with E-state index in [2.05, 4.69) is 13.0 Å². The van der Waals surface area contributed by atoms with E-state index in [-0.39, 0.29) is 23.3 Å². The summed E-state index contributed by atoms with van der Waals surface area (Å²) in [6, 6.07) is 16.5. The van der Waals surface area contributed by atoms with Crippen molar-refractivity contribution >= 4 is 15.9 Å². The number of hydrogen-bond donors (Lipinski definition) is 0. The number of benzene rings is 2. The van der Waals surface area contributed by atoms with Crippen molar-refractivity contribution < 1.29 is 13.2 Å². The fourth-order valence-electron chi connectivity index (χ4n) is 4.67. The van der Waals surface area contributed by atoms with Crippen LogP contribution in [0.25, 0.3) is 5.69 Å². The summed E-state index contributed by atoms with van der Waals surface area (Å²) in [5.74, 6) is -0.389. The van der Waals surface area contributed by atoms with E-state index in [1.807, 2.05) is 36.7 Å². The predicted octanol–water partition coefficient (Wildman–Crippen LogP) is 3.86. The van der Waals surface area contributed by atoms with Gasteiger partial charge >= 0.3 is 0 Å². The van der Waals surface area contributed by atoms with Crippen LogP contribution < -0.4 is 0 Å². The summed E-state index contributed by atoms with van der Waals surface area (Å²) in [6.45, 7) is 7.12. The van der Waals surface area contributed by atoms with Gasteiger partial charge in [0.15, 0.2) is 0 Å². The molecule has 1 atom stereocenters. The van der Waals surface area contributed by atoms with E-state index >= 15 is 0 Å². The van der Waals surface area contributed by atoms with Crippen LogP contribution in [-0.4, -0.2) is 53.4 Å². The van der Waals surface area contributed by atoms with E-state index in [0.29, 0.717) is 25.9 Å². The molecule has 2 aromatic carbocycles. The predicted molar refractivity (Wildman–Crippen MR) is 132 cm³/mol. The van der Waals surface area contributed by atoms with Crippen molar-refractivity contribution in [3.05, 3.63) is 77.1 Å². The number of carbonyl (C=O) groups is 1. The lowest BCUT2D eigenvalue weighted by Crippen LogP contribution is -2.45. The number of hydrogen-bond acceptors (Lipinski definition) is 4. The second-order valence-corrected chi connectivity index (χ2v) is 11.0. The molecule has 3 aromatic rings. The van der Waals surface area contributed by atoms with Gasteiger partial charge in [-0.1, -0.05) is 36.4 Å². The van der Waals surface area contributed by atoms with Crippen LogP contribution >= 0.6 is 0 Å². The molecule has 0 radical (unpaired) electrons. The number of rotatable bonds is 6. The number of sulfonamides is 1. The third kappa shape index (κ3) is 4.65. The van der Waals surface area contributed by atoms with Crippen LogP contribution in [0, 0.1) is 26.7 Å². The average molecular weight is 481 g/mol. The number of piperidine rings is 1. The first-order valence-electron chi connectivity index (χ1n) is 11.6. The molecule has 1 amide bonds. The lowest BCUT2D eigenvalue weighted by atomic mass is 9.98. The Balaban J connectivity index is 1.50. The molecule has 180 valence electrons. The normalized spacial score (nSPS) is 17.0. The minimum absolute atomic E-state index is 0.0320. The molecular formula is C26H32N4O3S. The molecule has 7 nitrogen and oxygen atoms in total. The van der Waals surface area contributed by atoms with E-state index in [1.54, 1.807) is 42.3 Å². The molecule has 1 aliphatic heterocycles. The Morgan fingerprint density at radius 1 is 1.06 bits per heavy atom. The Labute approximate surface area is 202 Å². The van der Waals surface area contributed by atoms with E-state index in [0.717, 1.165) is 28.2 Å². The molecule has 1 saturated heterocycles. The van der Waals surface area contributed by atoms with Crippen LogP contribution in [0.3, 0.4) is 0 Å². The van der Waals surface area contributed by atoms with Crippen molar-refractivity contribution in [3.8, 4) is 5.69 Å². The first-order valence-corrected chi connectivity index (χ1v) is 13.1. The fraction of sp³-hybridized carbons (Fsp3) is 0.385. The molecule has 1 aliphatic rings. The van der Waals surface area contributed by atoms with Crippen LogP contribution in [0.2, 0.25) is 0 Å². The first-order chi connectivity index (χ1) is 16.2. The van der Waals surface area contributed by atoms with E-state index < -0.39 is 10.0 Å². The summed E-state index contributed by atoms with van der Waals surface area (Å²) in [5.41, 5.74) is 5.06. The summed E-state index contributed by atoms with van der Waals surface area (Å²) in [6.07, 6.45) is 1.35. The molecule has 1 unspecified atom stereocenters. The summed E-state index contributed by atoms with van der Waals surface area (Å²) < 4.78 is 29.5. The molecule has 34 heavy (non-hydrogen) atoms. The molecular weight excluding hydrogens is 448 g/mol. The second-order valence-electron chi connectivity index (χ2n) is 9.06. The Hall–Kier alpha value is -2.97. The molecule has 8 heteroatoms. The molecule has 0 aliphatic carbocycles. The lowest BCUT2D eigenvalue weighted by Gasteiger charge is -2.33. The van der Waals surface area contributed by atoms with Crippen molar-refractivity contribution in [3.63, 3.8) is 0 Å². The topological polar surface area (TPSA) is 75.5 Å². The molecule has 1 aromatic heterocycles. The third-order valence-corrected chi connectivity index (χ3v) is 8.55. The number of carbonyl (C=O) groups excluding carboxylic acids is 1. The van der Waals surface area contributed by atoms with Crippen molar-refractivity contribution in [1.82, 2.24) is 19.0 Å². The highest BCUT2D eigenvalue weighted by atomic mass is 32.2. The smallest absolute Gasteiger partial charge is 0.243 e. The van der Waals surface area contributed by atoms with Crippen molar-refractivity contribution in [2.75, 3.05) is 20.1 Å². The van der Waals surface area contributed by atoms with Crippen molar-refractivity contribution in [1.29, 1.82) is 0 Å². The number of para-hydroxylation sites is 1. The van der Waals surface area contributed by atoms with Gasteiger partial charge in [-0.2, -0.15) is 9.40 Å². The highest BCUT2D eigenvalue weighted by Crippen LogP contribution is 2.26. The highest BCUT2D eigenvalue weighted by molar-refractivity contribution is 7.89. The number of aryl methyl sites for hydroxylation is 2. The minimum atomic E-state index is -3.61. The Kier molecular flexibility index (Phi) is 6.91. The third-order valence-electron chi connectivity index (χ3n) is 6.67. The maximum Gasteiger partial charge on any atom is 0.243 e. The zero-order valence-electron chi connectivity index (χ0n) is 20.2. The van der Waals surface area contributed by atoms with Crippen molar-refractivity contribution in [2.24, 2.45) is 5.92 Å². The quantitative estimate of drug-likeness (QED) is 0.537. The zero-order chi connectivity index (χ0) is 24.5. The van der Waals surface area contributed by atoms with Gasteiger partial charge in [0.25, 0.3) is 0 Å². The zero-order valence-corrected chi connectivity index (χ0v) is 21.0. The summed E-state index contributed by atoms with van der Waals surface area (Å²) in [4.78, 5) is 15.3. The van der Waals surface area contributed by atoms with E-state index in [1.165, 1.54) is 4.31 Å². The highest BCUT2D eigenvalue weighted by Gasteiger charge is 2.34. The van der Waals surface area contributed by atoms with Gasteiger partial charge in [0.1, 0.15) is 0 Å². The maximum atomic E-state index is 13.3. The summed E-state index contributed by atoms with van der Waals surface area (Å²) in [7, 11) is -1.82. The molecule has 4 rings (SSSR count). The Morgan fingerprint density at radius 3 is 2.44 bits per heavy atom. The molecule has 0 bridgehead atoms. The van der Waals surface area contributed by atoms with Gasteiger partial charge < -0.3 is 4.90 Å². The standard InChI is InChI=1S/C26H32N4O3S/c1-19-11-8-9-15-25(19)30-21(3)24(20(2)27-30)18-28(4)26(31)22-12-10-16-29(17-22)34(32,33)23-13-6-5-7-14-23/h5-9,11,13-15,22H,10,12,16-18H2,1-4H3. The van der Waals surface area contributed by atoms with Crippen LogP contribution in [-0.2, 0) is 21.4 Å². The second kappa shape index (κ2) is 9.72. The van der Waals surface area contributed by atoms with Gasteiger partial charge in [-0.15, -0.1) is 0 Å². The van der Waals surface area contributed by atoms with Crippen LogP contribution in [0.1, 0.15) is 35.4 Å². The lowest BCUT2D eigenvalue weighted by molar-refractivity contribution is -0.135. The van der Waals surface area contributed by atoms with E-state index in [4.69, 9.17) is 5.10 Å². The number of aromatic nitrogens is 2. The molecule has 0 N–H and O–H groups in total. The number of amides is 1. The molecule has 0 spiro atoms. The van der Waals surface area contributed by atoms with Gasteiger partial charge in [0.05, 0.1) is 22.2 Å². The fourth-order valence-corrected chi connectivity index (χ4v) is 6.21. The van der Waals surface area contributed by atoms with Gasteiger partial charge in [-0.3, -0.25) is 4.79 Å². The SMILES string of the molecule is Cc1ccccc1-n1nc(C)c(CN(C)C(=O)C2CCCN(S(=O)(=O)c3ccccc3)C2)c1C. The number of nitrogens with zero attached hydrogens (tertiary/aromatic N) is 4. The van der Waals surface area contributed by atoms with Crippen LogP contribution in [0.15, 0.2) is 59.5 Å². The van der Waals surface area contributed by atoms with E-state index in [9.17, 15) is 13.2 Å². The molecule has 2 heterocycles. The maximum absolute atomic E-state index is 13.3. The Bertz CT molecular complexity index is 1280. The first kappa shape index (κ1) is 24.2. The Morgan fingerprint density at radius 2 is 1.74 bits per heavy atom. The molecule has 0 saturated carbocycles. The largest absolute Gasteiger partial charge is 0.341 e. The van der Waals surface area contributed by atoms with Gasteiger partial charge in [0, 0.05) is 37.9 Å².